The van der Waals surface area contributed by atoms with E-state index in [1.165, 1.54) is 6.07 Å². The molecule has 150 valence electrons. The van der Waals surface area contributed by atoms with E-state index < -0.39 is 11.6 Å². The van der Waals surface area contributed by atoms with E-state index in [9.17, 15) is 13.6 Å². The summed E-state index contributed by atoms with van der Waals surface area (Å²) >= 11 is 5.71. The second-order valence-corrected chi connectivity index (χ2v) is 8.30. The summed E-state index contributed by atoms with van der Waals surface area (Å²) in [5.41, 5.74) is 1.60. The van der Waals surface area contributed by atoms with Crippen LogP contribution in [0.4, 0.5) is 13.6 Å². The third-order valence-corrected chi connectivity index (χ3v) is 4.77. The molecule has 0 bridgehead atoms. The van der Waals surface area contributed by atoms with Crippen LogP contribution in [0.25, 0.3) is 0 Å². The second-order valence-electron chi connectivity index (χ2n) is 7.89. The molecule has 0 aromatic heterocycles. The summed E-state index contributed by atoms with van der Waals surface area (Å²) in [6, 6.07) is 7.68. The van der Waals surface area contributed by atoms with Crippen molar-refractivity contribution >= 4 is 17.6 Å². The average Bonchev–Trinajstić information content (AvgIpc) is 2.63. The van der Waals surface area contributed by atoms with E-state index in [-0.39, 0.29) is 28.8 Å². The Balaban J connectivity index is 1.67. The fourth-order valence-electron chi connectivity index (χ4n) is 3.05. The first-order valence-electron chi connectivity index (χ1n) is 9.08. The third kappa shape index (κ3) is 4.73. The van der Waals surface area contributed by atoms with E-state index >= 15 is 0 Å². The predicted octanol–water partition coefficient (Wildman–Crippen LogP) is 5.06. The molecule has 2 aromatic carbocycles. The lowest BCUT2D eigenvalue weighted by molar-refractivity contribution is 0.183. The van der Waals surface area contributed by atoms with Crippen molar-refractivity contribution in [2.75, 3.05) is 6.54 Å². The fourth-order valence-corrected chi connectivity index (χ4v) is 3.23. The Morgan fingerprint density at radius 2 is 1.96 bits per heavy atom. The van der Waals surface area contributed by atoms with E-state index in [2.05, 4.69) is 5.32 Å². The van der Waals surface area contributed by atoms with Crippen molar-refractivity contribution in [1.82, 2.24) is 10.2 Å². The molecule has 7 heteroatoms. The van der Waals surface area contributed by atoms with Crippen LogP contribution in [0.5, 0.6) is 5.75 Å². The molecular weight excluding hydrogens is 386 g/mol. The highest BCUT2D eigenvalue weighted by molar-refractivity contribution is 6.30. The van der Waals surface area contributed by atoms with E-state index in [1.54, 1.807) is 11.0 Å². The molecule has 0 radical (unpaired) electrons. The van der Waals surface area contributed by atoms with Crippen LogP contribution in [0, 0.1) is 11.6 Å². The first-order valence-corrected chi connectivity index (χ1v) is 9.46. The van der Waals surface area contributed by atoms with Crippen LogP contribution in [-0.4, -0.2) is 23.0 Å². The van der Waals surface area contributed by atoms with Gasteiger partial charge in [0.15, 0.2) is 5.82 Å². The molecule has 28 heavy (non-hydrogen) atoms. The highest BCUT2D eigenvalue weighted by Crippen LogP contribution is 2.26. The predicted molar refractivity (Wildman–Crippen MR) is 105 cm³/mol. The Hall–Kier alpha value is -2.34. The van der Waals surface area contributed by atoms with Crippen molar-refractivity contribution in [3.05, 3.63) is 63.7 Å². The quantitative estimate of drug-likeness (QED) is 0.721. The monoisotopic (exact) mass is 408 g/mol. The van der Waals surface area contributed by atoms with Crippen LogP contribution in [-0.2, 0) is 19.6 Å². The molecule has 0 atom stereocenters. The number of benzene rings is 2. The van der Waals surface area contributed by atoms with Gasteiger partial charge in [-0.2, -0.15) is 0 Å². The Kier molecular flexibility index (Phi) is 5.79. The van der Waals surface area contributed by atoms with E-state index in [1.807, 2.05) is 32.9 Å². The molecule has 3 rings (SSSR count). The van der Waals surface area contributed by atoms with Crippen LogP contribution in [0.15, 0.2) is 30.3 Å². The van der Waals surface area contributed by atoms with Gasteiger partial charge in [-0.15, -0.1) is 0 Å². The van der Waals surface area contributed by atoms with Gasteiger partial charge in [-0.3, -0.25) is 0 Å². The normalized spacial score (nSPS) is 13.9. The van der Waals surface area contributed by atoms with E-state index in [4.69, 9.17) is 16.3 Å². The van der Waals surface area contributed by atoms with Gasteiger partial charge < -0.3 is 15.0 Å². The summed E-state index contributed by atoms with van der Waals surface area (Å²) in [7, 11) is 0. The zero-order valence-electron chi connectivity index (χ0n) is 16.1. The molecule has 1 N–H and O–H groups in total. The van der Waals surface area contributed by atoms with E-state index in [0.29, 0.717) is 25.3 Å². The molecule has 0 unspecified atom stereocenters. The van der Waals surface area contributed by atoms with Crippen molar-refractivity contribution in [3.8, 4) is 5.75 Å². The minimum Gasteiger partial charge on any atom is -0.489 e. The van der Waals surface area contributed by atoms with Gasteiger partial charge in [0.05, 0.1) is 10.6 Å². The number of carbonyl (C=O) groups excluding carboxylic acids is 1. The van der Waals surface area contributed by atoms with Crippen molar-refractivity contribution in [1.29, 1.82) is 0 Å². The van der Waals surface area contributed by atoms with Crippen molar-refractivity contribution in [2.45, 2.75) is 45.9 Å². The fraction of sp³-hybridized carbons (Fsp3) is 0.381. The number of carbonyl (C=O) groups is 1. The largest absolute Gasteiger partial charge is 0.489 e. The minimum atomic E-state index is -0.805. The van der Waals surface area contributed by atoms with Crippen LogP contribution < -0.4 is 10.1 Å². The molecule has 0 fully saturated rings. The summed E-state index contributed by atoms with van der Waals surface area (Å²) in [6.07, 6.45) is 0.685. The molecule has 0 saturated heterocycles. The third-order valence-electron chi connectivity index (χ3n) is 4.48. The Morgan fingerprint density at radius 3 is 2.68 bits per heavy atom. The van der Waals surface area contributed by atoms with Crippen LogP contribution in [0.1, 0.15) is 37.5 Å². The number of hydrogen-bond acceptors (Lipinski definition) is 2. The van der Waals surface area contributed by atoms with Gasteiger partial charge in [-0.05, 0) is 62.6 Å². The molecule has 1 aliphatic heterocycles. The van der Waals surface area contributed by atoms with Gasteiger partial charge in [0.1, 0.15) is 18.2 Å². The van der Waals surface area contributed by atoms with Gasteiger partial charge in [0, 0.05) is 18.6 Å². The maximum absolute atomic E-state index is 14.0. The number of nitrogens with one attached hydrogen (secondary N) is 1. The molecule has 4 nitrogen and oxygen atoms in total. The van der Waals surface area contributed by atoms with Crippen LogP contribution >= 0.6 is 11.6 Å². The molecule has 1 heterocycles. The maximum atomic E-state index is 14.0. The zero-order chi connectivity index (χ0) is 20.5. The lowest BCUT2D eigenvalue weighted by atomic mass is 9.99. The van der Waals surface area contributed by atoms with Crippen molar-refractivity contribution in [3.63, 3.8) is 0 Å². The molecule has 0 spiro atoms. The number of halogens is 3. The summed E-state index contributed by atoms with van der Waals surface area (Å²) in [5.74, 6) is -0.981. The van der Waals surface area contributed by atoms with Crippen LogP contribution in [0.3, 0.4) is 0 Å². The molecule has 2 aromatic rings. The van der Waals surface area contributed by atoms with Crippen molar-refractivity contribution < 1.29 is 18.3 Å². The number of ether oxygens (including phenoxy) is 1. The summed E-state index contributed by atoms with van der Waals surface area (Å²) in [6.45, 7) is 6.68. The SMILES string of the molecule is CC(C)(C)NC(=O)N1CCc2cc(OCc3c(F)ccc(Cl)c3F)ccc2C1. The number of urea groups is 1. The number of rotatable bonds is 3. The maximum Gasteiger partial charge on any atom is 0.318 e. The number of hydrogen-bond donors (Lipinski definition) is 1. The summed E-state index contributed by atoms with van der Waals surface area (Å²) in [4.78, 5) is 14.1. The first-order chi connectivity index (χ1) is 13.1. The molecule has 0 aliphatic carbocycles. The van der Waals surface area contributed by atoms with Crippen LogP contribution in [0.2, 0.25) is 5.02 Å². The number of amides is 2. The average molecular weight is 409 g/mol. The smallest absolute Gasteiger partial charge is 0.318 e. The van der Waals surface area contributed by atoms with Gasteiger partial charge in [-0.1, -0.05) is 17.7 Å². The molecular formula is C21H23ClF2N2O2. The van der Waals surface area contributed by atoms with Crippen molar-refractivity contribution in [2.24, 2.45) is 0 Å². The lowest BCUT2D eigenvalue weighted by Crippen LogP contribution is -2.49. The summed E-state index contributed by atoms with van der Waals surface area (Å²) in [5, 5.41) is 2.83. The number of fused-ring (bicyclic) bond motifs is 1. The Morgan fingerprint density at radius 1 is 1.21 bits per heavy atom. The highest BCUT2D eigenvalue weighted by Gasteiger charge is 2.24. The summed E-state index contributed by atoms with van der Waals surface area (Å²) < 4.78 is 33.4. The standard InChI is InChI=1S/C21H23ClF2N2O2/c1-21(2,3)25-20(27)26-9-8-13-10-15(5-4-14(13)11-26)28-12-16-18(23)7-6-17(22)19(16)24/h4-7,10H,8-9,11-12H2,1-3H3,(H,25,27). The first kappa shape index (κ1) is 20.4. The van der Waals surface area contributed by atoms with Gasteiger partial charge >= 0.3 is 6.03 Å². The minimum absolute atomic E-state index is 0.0922. The second kappa shape index (κ2) is 7.95. The van der Waals surface area contributed by atoms with E-state index in [0.717, 1.165) is 17.2 Å². The number of nitrogens with zero attached hydrogens (tertiary/aromatic N) is 1. The Labute approximate surface area is 168 Å². The van der Waals surface area contributed by atoms with Gasteiger partial charge in [0.25, 0.3) is 0 Å². The molecule has 0 saturated carbocycles. The Bertz CT molecular complexity index is 897. The van der Waals surface area contributed by atoms with Gasteiger partial charge in [-0.25, -0.2) is 13.6 Å². The van der Waals surface area contributed by atoms with Gasteiger partial charge in [0.2, 0.25) is 0 Å². The molecule has 2 amide bonds. The zero-order valence-corrected chi connectivity index (χ0v) is 16.9. The molecule has 1 aliphatic rings. The topological polar surface area (TPSA) is 41.6 Å². The lowest BCUT2D eigenvalue weighted by Gasteiger charge is -2.32. The highest BCUT2D eigenvalue weighted by atomic mass is 35.5.